The predicted molar refractivity (Wildman–Crippen MR) is 84.7 cm³/mol. The van der Waals surface area contributed by atoms with Crippen molar-refractivity contribution < 1.29 is 13.2 Å². The number of rotatable bonds is 5. The fraction of sp³-hybridized carbons (Fsp3) is 0.600. The van der Waals surface area contributed by atoms with Gasteiger partial charge in [-0.1, -0.05) is 0 Å². The summed E-state index contributed by atoms with van der Waals surface area (Å²) in [6, 6.07) is 5.10. The highest BCUT2D eigenvalue weighted by atomic mass is 32.2. The molecule has 0 aromatic heterocycles. The molecule has 0 bridgehead atoms. The Morgan fingerprint density at radius 1 is 1.36 bits per heavy atom. The summed E-state index contributed by atoms with van der Waals surface area (Å²) in [5.74, 6) is 0.798. The molecule has 0 spiro atoms. The summed E-state index contributed by atoms with van der Waals surface area (Å²) in [4.78, 5) is 2.58. The van der Waals surface area contributed by atoms with Crippen molar-refractivity contribution in [1.29, 1.82) is 0 Å². The molecular weight excluding hydrogens is 302 g/mol. The lowest BCUT2D eigenvalue weighted by Gasteiger charge is -2.27. The first kappa shape index (κ1) is 15.7. The first-order valence-corrected chi connectivity index (χ1v) is 9.25. The van der Waals surface area contributed by atoms with Gasteiger partial charge in [-0.25, -0.2) is 13.1 Å². The maximum atomic E-state index is 12.4. The van der Waals surface area contributed by atoms with Gasteiger partial charge in [0.15, 0.2) is 0 Å². The van der Waals surface area contributed by atoms with Crippen LogP contribution < -0.4 is 14.8 Å². The van der Waals surface area contributed by atoms with Crippen LogP contribution in [0.25, 0.3) is 0 Å². The molecule has 1 saturated heterocycles. The van der Waals surface area contributed by atoms with Crippen LogP contribution in [0.15, 0.2) is 23.1 Å². The van der Waals surface area contributed by atoms with E-state index in [-0.39, 0.29) is 6.10 Å². The number of ether oxygens (including phenoxy) is 1. The van der Waals surface area contributed by atoms with Crippen LogP contribution in [0.2, 0.25) is 0 Å². The molecule has 0 radical (unpaired) electrons. The molecule has 1 aromatic rings. The first-order chi connectivity index (χ1) is 10.5. The van der Waals surface area contributed by atoms with Crippen LogP contribution in [-0.2, 0) is 16.4 Å². The molecule has 2 N–H and O–H groups in total. The van der Waals surface area contributed by atoms with Gasteiger partial charge in [-0.15, -0.1) is 0 Å². The third-order valence-corrected chi connectivity index (χ3v) is 5.57. The van der Waals surface area contributed by atoms with E-state index in [4.69, 9.17) is 4.74 Å². The lowest BCUT2D eigenvalue weighted by molar-refractivity contribution is 0.245. The summed E-state index contributed by atoms with van der Waals surface area (Å²) < 4.78 is 33.0. The molecule has 1 fully saturated rings. The molecule has 2 aliphatic rings. The van der Waals surface area contributed by atoms with Gasteiger partial charge >= 0.3 is 0 Å². The molecule has 0 aliphatic carbocycles. The van der Waals surface area contributed by atoms with E-state index in [1.165, 1.54) is 0 Å². The molecule has 122 valence electrons. The van der Waals surface area contributed by atoms with Crippen molar-refractivity contribution in [2.45, 2.75) is 24.3 Å². The molecule has 3 rings (SSSR count). The Balaban J connectivity index is 1.59. The smallest absolute Gasteiger partial charge is 0.240 e. The van der Waals surface area contributed by atoms with E-state index in [0.29, 0.717) is 11.4 Å². The van der Waals surface area contributed by atoms with Crippen molar-refractivity contribution in [1.82, 2.24) is 14.9 Å². The zero-order valence-electron chi connectivity index (χ0n) is 12.8. The van der Waals surface area contributed by atoms with Gasteiger partial charge in [-0.05, 0) is 30.7 Å². The van der Waals surface area contributed by atoms with Gasteiger partial charge in [0.2, 0.25) is 10.0 Å². The van der Waals surface area contributed by atoms with E-state index in [2.05, 4.69) is 14.9 Å². The van der Waals surface area contributed by atoms with Crippen LogP contribution in [0, 0.1) is 0 Å². The summed E-state index contributed by atoms with van der Waals surface area (Å²) in [6.45, 7) is 7.04. The van der Waals surface area contributed by atoms with E-state index in [0.717, 1.165) is 50.5 Å². The number of sulfonamides is 1. The zero-order valence-corrected chi connectivity index (χ0v) is 13.7. The maximum absolute atomic E-state index is 12.4. The Kier molecular flexibility index (Phi) is 4.67. The minimum Gasteiger partial charge on any atom is -0.490 e. The van der Waals surface area contributed by atoms with Gasteiger partial charge in [0, 0.05) is 45.7 Å². The summed E-state index contributed by atoms with van der Waals surface area (Å²) in [7, 11) is -3.45. The van der Waals surface area contributed by atoms with E-state index in [9.17, 15) is 8.42 Å². The zero-order chi connectivity index (χ0) is 15.6. The Hall–Kier alpha value is -1.15. The SMILES string of the molecule is CC1Cc2cc(S(=O)(=O)NCCN3CCNCC3)ccc2O1. The number of fused-ring (bicyclic) bond motifs is 1. The highest BCUT2D eigenvalue weighted by Crippen LogP contribution is 2.30. The highest BCUT2D eigenvalue weighted by molar-refractivity contribution is 7.89. The molecule has 6 nitrogen and oxygen atoms in total. The van der Waals surface area contributed by atoms with Crippen LogP contribution in [0.4, 0.5) is 0 Å². The van der Waals surface area contributed by atoms with Crippen molar-refractivity contribution in [3.05, 3.63) is 23.8 Å². The van der Waals surface area contributed by atoms with E-state index in [1.54, 1.807) is 18.2 Å². The monoisotopic (exact) mass is 325 g/mol. The average molecular weight is 325 g/mol. The lowest BCUT2D eigenvalue weighted by Crippen LogP contribution is -2.46. The van der Waals surface area contributed by atoms with Gasteiger partial charge in [-0.2, -0.15) is 0 Å². The minimum absolute atomic E-state index is 0.119. The Morgan fingerprint density at radius 2 is 2.14 bits per heavy atom. The maximum Gasteiger partial charge on any atom is 0.240 e. The molecule has 7 heteroatoms. The number of hydrogen-bond acceptors (Lipinski definition) is 5. The Labute approximate surface area is 131 Å². The van der Waals surface area contributed by atoms with Crippen molar-refractivity contribution in [3.8, 4) is 5.75 Å². The van der Waals surface area contributed by atoms with Crippen LogP contribution >= 0.6 is 0 Å². The molecule has 1 aromatic carbocycles. The largest absolute Gasteiger partial charge is 0.490 e. The van der Waals surface area contributed by atoms with Crippen molar-refractivity contribution in [3.63, 3.8) is 0 Å². The van der Waals surface area contributed by atoms with Crippen molar-refractivity contribution >= 4 is 10.0 Å². The van der Waals surface area contributed by atoms with E-state index < -0.39 is 10.0 Å². The number of nitrogens with zero attached hydrogens (tertiary/aromatic N) is 1. The van der Waals surface area contributed by atoms with Gasteiger partial charge in [0.1, 0.15) is 11.9 Å². The number of nitrogens with one attached hydrogen (secondary N) is 2. The van der Waals surface area contributed by atoms with Crippen LogP contribution in [0.1, 0.15) is 12.5 Å². The summed E-state index contributed by atoms with van der Waals surface area (Å²) in [6.07, 6.45) is 0.882. The summed E-state index contributed by atoms with van der Waals surface area (Å²) >= 11 is 0. The second-order valence-electron chi connectivity index (χ2n) is 5.89. The standard InChI is InChI=1S/C15H23N3O3S/c1-12-10-13-11-14(2-3-15(13)21-12)22(19,20)17-6-9-18-7-4-16-5-8-18/h2-3,11-12,16-17H,4-10H2,1H3. The molecule has 22 heavy (non-hydrogen) atoms. The fourth-order valence-electron chi connectivity index (χ4n) is 2.92. The minimum atomic E-state index is -3.45. The third kappa shape index (κ3) is 3.60. The second-order valence-corrected chi connectivity index (χ2v) is 7.66. The topological polar surface area (TPSA) is 70.7 Å². The molecule has 2 aliphatic heterocycles. The molecule has 1 atom stereocenters. The molecule has 1 unspecified atom stereocenters. The summed E-state index contributed by atoms with van der Waals surface area (Å²) in [5, 5.41) is 3.28. The number of benzene rings is 1. The van der Waals surface area contributed by atoms with E-state index in [1.807, 2.05) is 6.92 Å². The Morgan fingerprint density at radius 3 is 2.91 bits per heavy atom. The van der Waals surface area contributed by atoms with Crippen LogP contribution in [-0.4, -0.2) is 58.7 Å². The first-order valence-electron chi connectivity index (χ1n) is 7.77. The number of piperazine rings is 1. The van der Waals surface area contributed by atoms with Crippen molar-refractivity contribution in [2.75, 3.05) is 39.3 Å². The lowest BCUT2D eigenvalue weighted by atomic mass is 10.1. The van der Waals surface area contributed by atoms with Gasteiger partial charge < -0.3 is 10.1 Å². The molecule has 0 saturated carbocycles. The third-order valence-electron chi connectivity index (χ3n) is 4.11. The molecule has 2 heterocycles. The highest BCUT2D eigenvalue weighted by Gasteiger charge is 2.22. The normalized spacial score (nSPS) is 22.3. The van der Waals surface area contributed by atoms with Gasteiger partial charge in [-0.3, -0.25) is 4.90 Å². The van der Waals surface area contributed by atoms with Crippen LogP contribution in [0.5, 0.6) is 5.75 Å². The second kappa shape index (κ2) is 6.54. The van der Waals surface area contributed by atoms with Crippen molar-refractivity contribution in [2.24, 2.45) is 0 Å². The van der Waals surface area contributed by atoms with Gasteiger partial charge in [0.25, 0.3) is 0 Å². The number of hydrogen-bond donors (Lipinski definition) is 2. The molecular formula is C15H23N3O3S. The predicted octanol–water partition coefficient (Wildman–Crippen LogP) is 0.194. The fourth-order valence-corrected chi connectivity index (χ4v) is 3.99. The van der Waals surface area contributed by atoms with Gasteiger partial charge in [0.05, 0.1) is 4.90 Å². The quantitative estimate of drug-likeness (QED) is 0.809. The molecule has 0 amide bonds. The van der Waals surface area contributed by atoms with E-state index >= 15 is 0 Å². The van der Waals surface area contributed by atoms with Crippen LogP contribution in [0.3, 0.4) is 0 Å². The Bertz CT molecular complexity index is 627. The summed E-state index contributed by atoms with van der Waals surface area (Å²) in [5.41, 5.74) is 0.970. The average Bonchev–Trinajstić information content (AvgIpc) is 2.87.